The number of hydrogen-bond donors (Lipinski definition) is 2. The Bertz CT molecular complexity index is 533. The maximum atomic E-state index is 11.9. The Labute approximate surface area is 139 Å². The number of nitrogens with zero attached hydrogens (tertiary/aromatic N) is 2. The van der Waals surface area contributed by atoms with E-state index in [9.17, 15) is 4.79 Å². The van der Waals surface area contributed by atoms with Crippen molar-refractivity contribution in [3.63, 3.8) is 0 Å². The number of ether oxygens (including phenoxy) is 1. The van der Waals surface area contributed by atoms with E-state index in [1.807, 2.05) is 38.7 Å². The molecule has 2 unspecified atom stereocenters. The molecule has 0 saturated carbocycles. The molecule has 0 radical (unpaired) electrons. The maximum Gasteiger partial charge on any atom is 0.407 e. The van der Waals surface area contributed by atoms with Crippen LogP contribution in [0.2, 0.25) is 0 Å². The molecule has 1 aliphatic rings. The number of carbonyl (C=O) groups excluding carboxylic acids is 1. The number of fused-ring (bicyclic) bond motifs is 1. The van der Waals surface area contributed by atoms with Crippen LogP contribution < -0.4 is 10.6 Å². The first-order chi connectivity index (χ1) is 10.8. The summed E-state index contributed by atoms with van der Waals surface area (Å²) in [5.74, 6) is 0. The van der Waals surface area contributed by atoms with Crippen LogP contribution in [-0.2, 0) is 18.2 Å². The molecule has 1 aromatic rings. The highest BCUT2D eigenvalue weighted by Gasteiger charge is 2.24. The third kappa shape index (κ3) is 4.96. The number of rotatable bonds is 5. The monoisotopic (exact) mass is 322 g/mol. The van der Waals surface area contributed by atoms with Crippen molar-refractivity contribution in [3.05, 3.63) is 17.5 Å². The van der Waals surface area contributed by atoms with E-state index in [1.54, 1.807) is 0 Å². The van der Waals surface area contributed by atoms with Gasteiger partial charge in [0.15, 0.2) is 0 Å². The van der Waals surface area contributed by atoms with Gasteiger partial charge in [0.05, 0.1) is 6.20 Å². The summed E-state index contributed by atoms with van der Waals surface area (Å²) in [6.45, 7) is 8.42. The molecular weight excluding hydrogens is 292 g/mol. The fourth-order valence-electron chi connectivity index (χ4n) is 2.97. The van der Waals surface area contributed by atoms with Crippen LogP contribution in [0.15, 0.2) is 6.20 Å². The van der Waals surface area contributed by atoms with Gasteiger partial charge in [0.25, 0.3) is 0 Å². The van der Waals surface area contributed by atoms with Crippen LogP contribution in [0.25, 0.3) is 0 Å². The SMILES string of the molecule is CCC(CNC1CCCc2c1cnn2C)NC(=O)OC(C)(C)C. The molecule has 1 aliphatic carbocycles. The highest BCUT2D eigenvalue weighted by atomic mass is 16.6. The van der Waals surface area contributed by atoms with Crippen molar-refractivity contribution < 1.29 is 9.53 Å². The first-order valence-electron chi connectivity index (χ1n) is 8.54. The van der Waals surface area contributed by atoms with Gasteiger partial charge in [-0.1, -0.05) is 6.92 Å². The quantitative estimate of drug-likeness (QED) is 0.874. The van der Waals surface area contributed by atoms with E-state index < -0.39 is 5.60 Å². The summed E-state index contributed by atoms with van der Waals surface area (Å²) >= 11 is 0. The fraction of sp³-hybridized carbons (Fsp3) is 0.765. The van der Waals surface area contributed by atoms with E-state index in [2.05, 4.69) is 22.7 Å². The molecule has 2 N–H and O–H groups in total. The number of carbonyl (C=O) groups is 1. The molecule has 0 spiro atoms. The minimum Gasteiger partial charge on any atom is -0.444 e. The summed E-state index contributed by atoms with van der Waals surface area (Å²) in [6.07, 6.45) is 5.85. The number of hydrogen-bond acceptors (Lipinski definition) is 4. The molecule has 0 fully saturated rings. The van der Waals surface area contributed by atoms with Gasteiger partial charge < -0.3 is 15.4 Å². The summed E-state index contributed by atoms with van der Waals surface area (Å²) in [7, 11) is 2.00. The van der Waals surface area contributed by atoms with Crippen LogP contribution in [0, 0.1) is 0 Å². The van der Waals surface area contributed by atoms with E-state index in [1.165, 1.54) is 17.7 Å². The molecule has 23 heavy (non-hydrogen) atoms. The zero-order valence-electron chi connectivity index (χ0n) is 15.0. The van der Waals surface area contributed by atoms with Crippen molar-refractivity contribution in [2.45, 2.75) is 71.1 Å². The summed E-state index contributed by atoms with van der Waals surface area (Å²) in [6, 6.07) is 0.383. The second-order valence-electron chi connectivity index (χ2n) is 7.27. The van der Waals surface area contributed by atoms with E-state index >= 15 is 0 Å². The molecule has 6 heteroatoms. The molecule has 2 atom stereocenters. The molecule has 1 heterocycles. The lowest BCUT2D eigenvalue weighted by molar-refractivity contribution is 0.0501. The Kier molecular flexibility index (Phi) is 5.68. The van der Waals surface area contributed by atoms with Gasteiger partial charge in [0.2, 0.25) is 0 Å². The van der Waals surface area contributed by atoms with Gasteiger partial charge in [-0.05, 0) is 46.5 Å². The van der Waals surface area contributed by atoms with Crippen LogP contribution in [0.1, 0.15) is 64.3 Å². The lowest BCUT2D eigenvalue weighted by Crippen LogP contribution is -2.44. The molecule has 2 rings (SSSR count). The third-order valence-electron chi connectivity index (χ3n) is 4.20. The maximum absolute atomic E-state index is 11.9. The second kappa shape index (κ2) is 7.34. The highest BCUT2D eigenvalue weighted by molar-refractivity contribution is 5.68. The van der Waals surface area contributed by atoms with Gasteiger partial charge in [-0.25, -0.2) is 4.79 Å². The van der Waals surface area contributed by atoms with Crippen LogP contribution in [-0.4, -0.2) is 34.1 Å². The number of aryl methyl sites for hydroxylation is 1. The van der Waals surface area contributed by atoms with Crippen LogP contribution >= 0.6 is 0 Å². The van der Waals surface area contributed by atoms with E-state index in [4.69, 9.17) is 4.74 Å². The largest absolute Gasteiger partial charge is 0.444 e. The standard InChI is InChI=1S/C17H30N4O2/c1-6-12(20-16(22)23-17(2,3)4)10-18-14-8-7-9-15-13(14)11-19-21(15)5/h11-12,14,18H,6-10H2,1-5H3,(H,20,22). The Hall–Kier alpha value is -1.56. The number of aromatic nitrogens is 2. The molecular formula is C17H30N4O2. The first kappa shape index (κ1) is 17.8. The topological polar surface area (TPSA) is 68.2 Å². The lowest BCUT2D eigenvalue weighted by Gasteiger charge is -2.27. The van der Waals surface area contributed by atoms with Crippen LogP contribution in [0.5, 0.6) is 0 Å². The third-order valence-corrected chi connectivity index (χ3v) is 4.20. The van der Waals surface area contributed by atoms with Crippen molar-refractivity contribution in [1.29, 1.82) is 0 Å². The van der Waals surface area contributed by atoms with Crippen molar-refractivity contribution >= 4 is 6.09 Å². The molecule has 6 nitrogen and oxygen atoms in total. The van der Waals surface area contributed by atoms with Crippen LogP contribution in [0.3, 0.4) is 0 Å². The fourth-order valence-corrected chi connectivity index (χ4v) is 2.97. The summed E-state index contributed by atoms with van der Waals surface area (Å²) in [4.78, 5) is 11.9. The number of nitrogens with one attached hydrogen (secondary N) is 2. The van der Waals surface area contributed by atoms with Gasteiger partial charge in [0, 0.05) is 36.9 Å². The zero-order chi connectivity index (χ0) is 17.0. The minimum absolute atomic E-state index is 0.0619. The number of alkyl carbamates (subject to hydrolysis) is 1. The molecule has 0 bridgehead atoms. The Morgan fingerprint density at radius 1 is 1.52 bits per heavy atom. The van der Waals surface area contributed by atoms with Crippen molar-refractivity contribution in [2.24, 2.45) is 7.05 Å². The van der Waals surface area contributed by atoms with Gasteiger partial charge in [-0.15, -0.1) is 0 Å². The highest BCUT2D eigenvalue weighted by Crippen LogP contribution is 2.29. The molecule has 1 aromatic heterocycles. The Morgan fingerprint density at radius 2 is 2.26 bits per heavy atom. The summed E-state index contributed by atoms with van der Waals surface area (Å²) in [5, 5.41) is 10.9. The number of amides is 1. The summed E-state index contributed by atoms with van der Waals surface area (Å²) in [5.41, 5.74) is 2.15. The molecule has 0 aromatic carbocycles. The average Bonchev–Trinajstić information content (AvgIpc) is 2.84. The predicted octanol–water partition coefficient (Wildman–Crippen LogP) is 2.69. The van der Waals surface area contributed by atoms with E-state index in [0.29, 0.717) is 6.04 Å². The minimum atomic E-state index is -0.468. The van der Waals surface area contributed by atoms with Crippen molar-refractivity contribution in [3.8, 4) is 0 Å². The molecule has 0 saturated heterocycles. The Balaban J connectivity index is 1.88. The second-order valence-corrected chi connectivity index (χ2v) is 7.27. The zero-order valence-corrected chi connectivity index (χ0v) is 15.0. The smallest absolute Gasteiger partial charge is 0.407 e. The van der Waals surface area contributed by atoms with Gasteiger partial charge >= 0.3 is 6.09 Å². The van der Waals surface area contributed by atoms with Gasteiger partial charge in [-0.2, -0.15) is 5.10 Å². The average molecular weight is 322 g/mol. The van der Waals surface area contributed by atoms with Gasteiger partial charge in [0.1, 0.15) is 5.60 Å². The van der Waals surface area contributed by atoms with Crippen LogP contribution in [0.4, 0.5) is 4.79 Å². The lowest BCUT2D eigenvalue weighted by atomic mass is 9.93. The van der Waals surface area contributed by atoms with Crippen molar-refractivity contribution in [1.82, 2.24) is 20.4 Å². The Morgan fingerprint density at radius 3 is 2.91 bits per heavy atom. The van der Waals surface area contributed by atoms with Crippen molar-refractivity contribution in [2.75, 3.05) is 6.54 Å². The van der Waals surface area contributed by atoms with E-state index in [-0.39, 0.29) is 12.1 Å². The summed E-state index contributed by atoms with van der Waals surface area (Å²) < 4.78 is 7.30. The normalized spacial score (nSPS) is 19.1. The molecule has 1 amide bonds. The molecule has 130 valence electrons. The van der Waals surface area contributed by atoms with E-state index in [0.717, 1.165) is 25.8 Å². The molecule has 0 aliphatic heterocycles. The first-order valence-corrected chi connectivity index (χ1v) is 8.54. The predicted molar refractivity (Wildman–Crippen MR) is 90.3 cm³/mol. The van der Waals surface area contributed by atoms with Gasteiger partial charge in [-0.3, -0.25) is 4.68 Å².